The molecule has 0 radical (unpaired) electrons. The molecule has 5 heteroatoms. The molecule has 5 nitrogen and oxygen atoms in total. The summed E-state index contributed by atoms with van der Waals surface area (Å²) in [6, 6.07) is 8.05. The maximum atomic E-state index is 12.1. The van der Waals surface area contributed by atoms with E-state index in [1.165, 1.54) is 5.56 Å². The van der Waals surface area contributed by atoms with Crippen LogP contribution in [0.3, 0.4) is 0 Å². The summed E-state index contributed by atoms with van der Waals surface area (Å²) >= 11 is 0. The van der Waals surface area contributed by atoms with Crippen LogP contribution in [-0.2, 0) is 4.79 Å². The Morgan fingerprint density at radius 2 is 2.09 bits per heavy atom. The van der Waals surface area contributed by atoms with E-state index in [9.17, 15) is 4.79 Å². The van der Waals surface area contributed by atoms with E-state index in [0.717, 1.165) is 31.4 Å². The van der Waals surface area contributed by atoms with E-state index in [0.29, 0.717) is 24.7 Å². The van der Waals surface area contributed by atoms with Crippen LogP contribution in [0.5, 0.6) is 0 Å². The maximum absolute atomic E-state index is 12.1. The predicted molar refractivity (Wildman–Crippen MR) is 87.9 cm³/mol. The van der Waals surface area contributed by atoms with Crippen molar-refractivity contribution in [1.29, 1.82) is 0 Å². The highest BCUT2D eigenvalue weighted by atomic mass is 16.4. The molecule has 0 unspecified atom stereocenters. The number of hydrogen-bond acceptors (Lipinski definition) is 4. The Morgan fingerprint density at radius 1 is 1.30 bits per heavy atom. The first-order valence-corrected chi connectivity index (χ1v) is 8.35. The van der Waals surface area contributed by atoms with Crippen LogP contribution in [0.1, 0.15) is 50.0 Å². The van der Waals surface area contributed by atoms with E-state index in [2.05, 4.69) is 10.2 Å². The molecule has 1 aliphatic heterocycles. The highest BCUT2D eigenvalue weighted by Crippen LogP contribution is 2.28. The lowest BCUT2D eigenvalue weighted by atomic mass is 9.97. The number of nitrogens with zero attached hydrogens (tertiary/aromatic N) is 3. The van der Waals surface area contributed by atoms with Crippen molar-refractivity contribution in [3.63, 3.8) is 0 Å². The van der Waals surface area contributed by atoms with Gasteiger partial charge in [0.1, 0.15) is 0 Å². The van der Waals surface area contributed by atoms with E-state index >= 15 is 0 Å². The molecule has 0 N–H and O–H groups in total. The zero-order chi connectivity index (χ0) is 16.2. The Balaban J connectivity index is 1.72. The van der Waals surface area contributed by atoms with Crippen LogP contribution in [0.4, 0.5) is 0 Å². The van der Waals surface area contributed by atoms with E-state index in [-0.39, 0.29) is 11.8 Å². The highest BCUT2D eigenvalue weighted by Gasteiger charge is 2.28. The molecule has 0 aliphatic carbocycles. The van der Waals surface area contributed by atoms with Crippen LogP contribution in [-0.4, -0.2) is 34.1 Å². The second-order valence-corrected chi connectivity index (χ2v) is 6.24. The van der Waals surface area contributed by atoms with Crippen molar-refractivity contribution in [2.24, 2.45) is 0 Å². The van der Waals surface area contributed by atoms with Crippen LogP contribution in [0.2, 0.25) is 0 Å². The summed E-state index contributed by atoms with van der Waals surface area (Å²) in [6.07, 6.45) is 3.48. The molecule has 122 valence electrons. The molecule has 1 aromatic heterocycles. The first kappa shape index (κ1) is 15.7. The van der Waals surface area contributed by atoms with Gasteiger partial charge < -0.3 is 9.32 Å². The van der Waals surface area contributed by atoms with Crippen LogP contribution in [0.15, 0.2) is 28.7 Å². The molecular formula is C18H23N3O2. The molecule has 0 bridgehead atoms. The normalized spacial score (nSPS) is 18.2. The largest absolute Gasteiger partial charge is 0.420 e. The molecule has 3 rings (SSSR count). The number of carbonyl (C=O) groups is 1. The molecule has 1 aromatic carbocycles. The number of benzene rings is 1. The standard InChI is InChI=1S/C18H23N3O2/c1-3-5-16(22)21-11-4-6-15(12-21)18-20-19-17(23-18)14-9-7-13(2)8-10-14/h7-10,15H,3-6,11-12H2,1-2H3/t15-/m1/s1. The van der Waals surface area contributed by atoms with Crippen molar-refractivity contribution in [3.05, 3.63) is 35.7 Å². The predicted octanol–water partition coefficient (Wildman–Crippen LogP) is 3.55. The molecule has 0 spiro atoms. The summed E-state index contributed by atoms with van der Waals surface area (Å²) in [7, 11) is 0. The Morgan fingerprint density at radius 3 is 2.83 bits per heavy atom. The molecule has 1 fully saturated rings. The van der Waals surface area contributed by atoms with Crippen molar-refractivity contribution >= 4 is 5.91 Å². The fraction of sp³-hybridized carbons (Fsp3) is 0.500. The van der Waals surface area contributed by atoms with Crippen LogP contribution < -0.4 is 0 Å². The molecule has 1 aliphatic rings. The number of likely N-dealkylation sites (tertiary alicyclic amines) is 1. The van der Waals surface area contributed by atoms with Crippen LogP contribution in [0.25, 0.3) is 11.5 Å². The van der Waals surface area contributed by atoms with Crippen molar-refractivity contribution in [2.45, 2.75) is 45.4 Å². The van der Waals surface area contributed by atoms with Crippen molar-refractivity contribution in [1.82, 2.24) is 15.1 Å². The number of carbonyl (C=O) groups excluding carboxylic acids is 1. The van der Waals surface area contributed by atoms with Gasteiger partial charge in [-0.25, -0.2) is 0 Å². The van der Waals surface area contributed by atoms with Gasteiger partial charge in [0.2, 0.25) is 17.7 Å². The number of hydrogen-bond donors (Lipinski definition) is 0. The maximum Gasteiger partial charge on any atom is 0.247 e. The van der Waals surface area contributed by atoms with E-state index in [1.807, 2.05) is 43.0 Å². The minimum absolute atomic E-state index is 0.149. The van der Waals surface area contributed by atoms with Gasteiger partial charge in [-0.1, -0.05) is 24.6 Å². The summed E-state index contributed by atoms with van der Waals surface area (Å²) < 4.78 is 5.88. The first-order chi connectivity index (χ1) is 11.2. The Kier molecular flexibility index (Phi) is 4.74. The topological polar surface area (TPSA) is 59.2 Å². The smallest absolute Gasteiger partial charge is 0.247 e. The number of rotatable bonds is 4. The molecule has 1 amide bonds. The molecule has 1 atom stereocenters. The Labute approximate surface area is 136 Å². The molecule has 2 heterocycles. The van der Waals surface area contributed by atoms with Crippen molar-refractivity contribution in [3.8, 4) is 11.5 Å². The average molecular weight is 313 g/mol. The minimum Gasteiger partial charge on any atom is -0.420 e. The number of piperidine rings is 1. The number of aromatic nitrogens is 2. The van der Waals surface area contributed by atoms with Crippen molar-refractivity contribution < 1.29 is 9.21 Å². The quantitative estimate of drug-likeness (QED) is 0.866. The SMILES string of the molecule is CCCC(=O)N1CCC[C@@H](c2nnc(-c3ccc(C)cc3)o2)C1. The molecule has 2 aromatic rings. The minimum atomic E-state index is 0.149. The van der Waals surface area contributed by atoms with Gasteiger partial charge in [-0.3, -0.25) is 4.79 Å². The number of aryl methyl sites for hydroxylation is 1. The zero-order valence-corrected chi connectivity index (χ0v) is 13.8. The molecular weight excluding hydrogens is 290 g/mol. The fourth-order valence-corrected chi connectivity index (χ4v) is 2.99. The van der Waals surface area contributed by atoms with Gasteiger partial charge in [0.25, 0.3) is 0 Å². The summed E-state index contributed by atoms with van der Waals surface area (Å²) in [5.74, 6) is 1.58. The monoisotopic (exact) mass is 313 g/mol. The Hall–Kier alpha value is -2.17. The second-order valence-electron chi connectivity index (χ2n) is 6.24. The van der Waals surface area contributed by atoms with E-state index in [1.54, 1.807) is 0 Å². The first-order valence-electron chi connectivity index (χ1n) is 8.35. The lowest BCUT2D eigenvalue weighted by molar-refractivity contribution is -0.132. The van der Waals surface area contributed by atoms with Gasteiger partial charge >= 0.3 is 0 Å². The molecule has 0 saturated carbocycles. The summed E-state index contributed by atoms with van der Waals surface area (Å²) in [4.78, 5) is 14.0. The van der Waals surface area contributed by atoms with Gasteiger partial charge in [-0.05, 0) is 38.3 Å². The van der Waals surface area contributed by atoms with Crippen LogP contribution >= 0.6 is 0 Å². The lowest BCUT2D eigenvalue weighted by Crippen LogP contribution is -2.39. The van der Waals surface area contributed by atoms with E-state index in [4.69, 9.17) is 4.42 Å². The molecule has 1 saturated heterocycles. The highest BCUT2D eigenvalue weighted by molar-refractivity contribution is 5.76. The van der Waals surface area contributed by atoms with Crippen molar-refractivity contribution in [2.75, 3.05) is 13.1 Å². The van der Waals surface area contributed by atoms with Gasteiger partial charge in [-0.15, -0.1) is 10.2 Å². The lowest BCUT2D eigenvalue weighted by Gasteiger charge is -2.31. The second kappa shape index (κ2) is 6.94. The summed E-state index contributed by atoms with van der Waals surface area (Å²) in [6.45, 7) is 5.61. The van der Waals surface area contributed by atoms with E-state index < -0.39 is 0 Å². The Bertz CT molecular complexity index is 663. The van der Waals surface area contributed by atoms with Gasteiger partial charge in [-0.2, -0.15) is 0 Å². The summed E-state index contributed by atoms with van der Waals surface area (Å²) in [5.41, 5.74) is 2.13. The van der Waals surface area contributed by atoms with Gasteiger partial charge in [0, 0.05) is 25.1 Å². The average Bonchev–Trinajstić information content (AvgIpc) is 3.06. The van der Waals surface area contributed by atoms with Gasteiger partial charge in [0.05, 0.1) is 5.92 Å². The van der Waals surface area contributed by atoms with Crippen LogP contribution in [0, 0.1) is 6.92 Å². The number of amides is 1. The zero-order valence-electron chi connectivity index (χ0n) is 13.8. The van der Waals surface area contributed by atoms with Gasteiger partial charge in [0.15, 0.2) is 0 Å². The molecule has 23 heavy (non-hydrogen) atoms. The third kappa shape index (κ3) is 3.60. The summed E-state index contributed by atoms with van der Waals surface area (Å²) in [5, 5.41) is 8.40. The third-order valence-corrected chi connectivity index (χ3v) is 4.33. The fourth-order valence-electron chi connectivity index (χ4n) is 2.99. The third-order valence-electron chi connectivity index (χ3n) is 4.33.